The van der Waals surface area contributed by atoms with Gasteiger partial charge in [0, 0.05) is 41.4 Å². The van der Waals surface area contributed by atoms with Crippen LogP contribution in [0.15, 0.2) is 114 Å². The van der Waals surface area contributed by atoms with Gasteiger partial charge in [-0.2, -0.15) is 0 Å². The average Bonchev–Trinajstić information content (AvgIpc) is 3.63. The Labute approximate surface area is 239 Å². The molecule has 4 heteroatoms. The summed E-state index contributed by atoms with van der Waals surface area (Å²) in [6.07, 6.45) is 3.74. The zero-order chi connectivity index (χ0) is 27.7. The second-order valence-corrected chi connectivity index (χ2v) is 11.4. The fraction of sp³-hybridized carbons (Fsp3) is 0.162. The second kappa shape index (κ2) is 8.84. The number of fused-ring (bicyclic) bond motifs is 6. The summed E-state index contributed by atoms with van der Waals surface area (Å²) in [6, 6.07) is 37.8. The Bertz CT molecular complexity index is 2080. The van der Waals surface area contributed by atoms with Crippen LogP contribution in [0.4, 0.5) is 5.69 Å². The number of hydrogen-bond donors (Lipinski definition) is 0. The maximum absolute atomic E-state index is 4.87. The van der Waals surface area contributed by atoms with Crippen LogP contribution >= 0.6 is 0 Å². The van der Waals surface area contributed by atoms with Gasteiger partial charge in [0.05, 0.1) is 23.2 Å². The fourth-order valence-corrected chi connectivity index (χ4v) is 7.37. The molecule has 4 nitrogen and oxygen atoms in total. The highest BCUT2D eigenvalue weighted by Gasteiger charge is 2.44. The minimum atomic E-state index is -0.284. The van der Waals surface area contributed by atoms with Crippen molar-refractivity contribution in [2.24, 2.45) is 5.10 Å². The molecule has 2 aromatic heterocycles. The number of para-hydroxylation sites is 1. The first-order chi connectivity index (χ1) is 20.1. The number of nitrogens with zero attached hydrogens (tertiary/aromatic N) is 4. The molecule has 0 spiro atoms. The van der Waals surface area contributed by atoms with E-state index < -0.39 is 0 Å². The predicted molar refractivity (Wildman–Crippen MR) is 169 cm³/mol. The van der Waals surface area contributed by atoms with Gasteiger partial charge >= 0.3 is 0 Å². The van der Waals surface area contributed by atoms with Gasteiger partial charge in [0.2, 0.25) is 5.69 Å². The quantitative estimate of drug-likeness (QED) is 0.209. The van der Waals surface area contributed by atoms with Crippen molar-refractivity contribution in [1.29, 1.82) is 0 Å². The van der Waals surface area contributed by atoms with Crippen LogP contribution in [0.1, 0.15) is 50.3 Å². The third-order valence-corrected chi connectivity index (χ3v) is 9.10. The Kier molecular flexibility index (Phi) is 5.17. The van der Waals surface area contributed by atoms with Crippen molar-refractivity contribution in [3.8, 4) is 16.9 Å². The van der Waals surface area contributed by atoms with Gasteiger partial charge in [-0.05, 0) is 76.6 Å². The molecule has 0 fully saturated rings. The monoisotopic (exact) mass is 531 g/mol. The van der Waals surface area contributed by atoms with Crippen LogP contribution in [0.2, 0.25) is 0 Å². The standard InChI is InChI=1S/C37H31N4/c1-4-37(26-16-18-31-30-12-6-8-14-34(30)40(35(31)22-26)36-15-9-10-20-38-36)32-13-7-5-11-28(32)29-19-17-27(23-33(29)37)41-25(3)21-24(2)39-41/h5-20,22-23H,4,21H2,1-3H3/q+1. The summed E-state index contributed by atoms with van der Waals surface area (Å²) in [6.45, 7) is 6.62. The Morgan fingerprint density at radius 2 is 1.54 bits per heavy atom. The average molecular weight is 532 g/mol. The van der Waals surface area contributed by atoms with E-state index in [9.17, 15) is 0 Å². The number of aromatic nitrogens is 2. The molecule has 6 aromatic rings. The molecule has 3 heterocycles. The summed E-state index contributed by atoms with van der Waals surface area (Å²) in [4.78, 5) is 4.77. The lowest BCUT2D eigenvalue weighted by atomic mass is 9.70. The van der Waals surface area contributed by atoms with E-state index in [1.807, 2.05) is 12.3 Å². The lowest BCUT2D eigenvalue weighted by molar-refractivity contribution is -0.442. The Balaban J connectivity index is 1.43. The van der Waals surface area contributed by atoms with Gasteiger partial charge in [-0.1, -0.05) is 72.3 Å². The summed E-state index contributed by atoms with van der Waals surface area (Å²) in [5.74, 6) is 0.934. The highest BCUT2D eigenvalue weighted by molar-refractivity contribution is 6.09. The molecule has 1 atom stereocenters. The molecule has 1 aliphatic carbocycles. The summed E-state index contributed by atoms with van der Waals surface area (Å²) >= 11 is 0. The van der Waals surface area contributed by atoms with Crippen molar-refractivity contribution >= 4 is 38.9 Å². The first kappa shape index (κ1) is 24.0. The highest BCUT2D eigenvalue weighted by Crippen LogP contribution is 2.55. The van der Waals surface area contributed by atoms with Crippen LogP contribution in [0.25, 0.3) is 38.8 Å². The lowest BCUT2D eigenvalue weighted by Gasteiger charge is -2.32. The van der Waals surface area contributed by atoms with Crippen molar-refractivity contribution in [2.75, 3.05) is 0 Å². The van der Waals surface area contributed by atoms with Gasteiger partial charge in [0.25, 0.3) is 0 Å². The van der Waals surface area contributed by atoms with E-state index in [4.69, 9.17) is 10.1 Å². The zero-order valence-electron chi connectivity index (χ0n) is 23.6. The first-order valence-electron chi connectivity index (χ1n) is 14.5. The molecule has 0 radical (unpaired) electrons. The molecule has 2 aliphatic rings. The van der Waals surface area contributed by atoms with Gasteiger partial charge in [-0.3, -0.25) is 4.57 Å². The molecule has 0 amide bonds. The summed E-state index contributed by atoms with van der Waals surface area (Å²) < 4.78 is 4.44. The smallest absolute Gasteiger partial charge is 0.238 e. The van der Waals surface area contributed by atoms with Crippen molar-refractivity contribution in [3.63, 3.8) is 0 Å². The molecule has 1 aliphatic heterocycles. The normalized spacial score (nSPS) is 17.8. The number of pyridine rings is 1. The second-order valence-electron chi connectivity index (χ2n) is 11.4. The third kappa shape index (κ3) is 3.31. The van der Waals surface area contributed by atoms with Crippen molar-refractivity contribution in [2.45, 2.75) is 39.0 Å². The summed E-state index contributed by atoms with van der Waals surface area (Å²) in [7, 11) is 0. The predicted octanol–water partition coefficient (Wildman–Crippen LogP) is 8.79. The van der Waals surface area contributed by atoms with Crippen molar-refractivity contribution in [3.05, 3.63) is 126 Å². The Hall–Kier alpha value is -4.83. The number of rotatable bonds is 4. The maximum atomic E-state index is 4.87. The number of benzene rings is 4. The van der Waals surface area contributed by atoms with E-state index in [1.165, 1.54) is 55.3 Å². The summed E-state index contributed by atoms with van der Waals surface area (Å²) in [5, 5.41) is 7.36. The molecule has 41 heavy (non-hydrogen) atoms. The molecule has 1 unspecified atom stereocenters. The zero-order valence-corrected chi connectivity index (χ0v) is 23.6. The van der Waals surface area contributed by atoms with Crippen LogP contribution < -0.4 is 0 Å². The van der Waals surface area contributed by atoms with Crippen LogP contribution in [0.3, 0.4) is 0 Å². The van der Waals surface area contributed by atoms with Gasteiger partial charge < -0.3 is 0 Å². The van der Waals surface area contributed by atoms with E-state index >= 15 is 0 Å². The highest BCUT2D eigenvalue weighted by atomic mass is 15.4. The molecule has 0 saturated carbocycles. The van der Waals surface area contributed by atoms with Crippen molar-refractivity contribution in [1.82, 2.24) is 9.55 Å². The minimum Gasteiger partial charge on any atom is -0.294 e. The van der Waals surface area contributed by atoms with E-state index in [2.05, 4.69) is 127 Å². The molecular weight excluding hydrogens is 500 g/mol. The molecule has 198 valence electrons. The topological polar surface area (TPSA) is 33.2 Å². The number of hydrazone groups is 1. The Morgan fingerprint density at radius 3 is 2.34 bits per heavy atom. The number of hydrogen-bond acceptors (Lipinski definition) is 2. The largest absolute Gasteiger partial charge is 0.294 e. The van der Waals surface area contributed by atoms with Crippen LogP contribution in [0.5, 0.6) is 0 Å². The Morgan fingerprint density at radius 1 is 0.756 bits per heavy atom. The fourth-order valence-electron chi connectivity index (χ4n) is 7.37. The SMILES string of the molecule is CCC1(c2ccc3c4ccccc4n(-c4ccccn4)c3c2)c2ccccc2-c2ccc([N+]3=C(C)CC(C)=N3)cc21. The molecule has 0 N–H and O–H groups in total. The van der Waals surface area contributed by atoms with E-state index in [-0.39, 0.29) is 5.41 Å². The van der Waals surface area contributed by atoms with Crippen molar-refractivity contribution < 1.29 is 4.68 Å². The van der Waals surface area contributed by atoms with E-state index in [0.717, 1.165) is 30.1 Å². The molecular formula is C37H31N4+. The summed E-state index contributed by atoms with van der Waals surface area (Å²) in [5.41, 5.74) is 12.3. The minimum absolute atomic E-state index is 0.284. The van der Waals surface area contributed by atoms with E-state index in [1.54, 1.807) is 0 Å². The van der Waals surface area contributed by atoms with E-state index in [0.29, 0.717) is 0 Å². The van der Waals surface area contributed by atoms with Gasteiger partial charge in [-0.25, -0.2) is 4.98 Å². The van der Waals surface area contributed by atoms with Gasteiger partial charge in [-0.15, -0.1) is 0 Å². The molecule has 0 bridgehead atoms. The molecule has 8 rings (SSSR count). The van der Waals surface area contributed by atoms with Gasteiger partial charge in [0.1, 0.15) is 5.82 Å². The third-order valence-electron chi connectivity index (χ3n) is 9.10. The maximum Gasteiger partial charge on any atom is 0.238 e. The van der Waals surface area contributed by atoms with Crippen LogP contribution in [-0.2, 0) is 5.41 Å². The van der Waals surface area contributed by atoms with Crippen LogP contribution in [-0.4, -0.2) is 25.7 Å². The van der Waals surface area contributed by atoms with Crippen LogP contribution in [0, 0.1) is 0 Å². The lowest BCUT2D eigenvalue weighted by Crippen LogP contribution is -2.26. The van der Waals surface area contributed by atoms with Gasteiger partial charge in [0.15, 0.2) is 5.71 Å². The molecule has 0 saturated heterocycles. The first-order valence-corrected chi connectivity index (χ1v) is 14.5. The molecule has 4 aromatic carbocycles.